The topological polar surface area (TPSA) is 20.3 Å². The van der Waals surface area contributed by atoms with Gasteiger partial charge in [0.1, 0.15) is 6.29 Å². The first kappa shape index (κ1) is 8.21. The molecule has 0 aromatic rings. The molecule has 3 heteroatoms. The summed E-state index contributed by atoms with van der Waals surface area (Å²) >= 11 is 3.31. The molecule has 1 saturated heterocycles. The third-order valence-electron chi connectivity index (χ3n) is 1.92. The first-order valence-electron chi connectivity index (χ1n) is 3.64. The Bertz CT molecular complexity index is 112. The zero-order valence-corrected chi connectivity index (χ0v) is 7.51. The van der Waals surface area contributed by atoms with Crippen LogP contribution in [0, 0.1) is 0 Å². The standard InChI is InChI=1S/C7H12BrNO/c8-5-7(6-10)9-3-1-2-4-9/h6-7H,1-5H2. The van der Waals surface area contributed by atoms with Gasteiger partial charge >= 0.3 is 0 Å². The van der Waals surface area contributed by atoms with Gasteiger partial charge in [0.15, 0.2) is 0 Å². The monoisotopic (exact) mass is 205 g/mol. The lowest BCUT2D eigenvalue weighted by atomic mass is 10.3. The molecule has 2 nitrogen and oxygen atoms in total. The average Bonchev–Trinajstić information content (AvgIpc) is 2.43. The minimum absolute atomic E-state index is 0.113. The summed E-state index contributed by atoms with van der Waals surface area (Å²) < 4.78 is 0. The summed E-state index contributed by atoms with van der Waals surface area (Å²) in [5.41, 5.74) is 0. The van der Waals surface area contributed by atoms with Crippen molar-refractivity contribution < 1.29 is 4.79 Å². The van der Waals surface area contributed by atoms with E-state index in [1.807, 2.05) is 0 Å². The molecule has 1 rings (SSSR count). The van der Waals surface area contributed by atoms with Crippen molar-refractivity contribution in [1.29, 1.82) is 0 Å². The highest BCUT2D eigenvalue weighted by atomic mass is 79.9. The first-order chi connectivity index (χ1) is 4.88. The number of rotatable bonds is 3. The van der Waals surface area contributed by atoms with Crippen LogP contribution in [0.3, 0.4) is 0 Å². The summed E-state index contributed by atoms with van der Waals surface area (Å²) in [4.78, 5) is 12.7. The van der Waals surface area contributed by atoms with Gasteiger partial charge in [-0.25, -0.2) is 0 Å². The van der Waals surface area contributed by atoms with Crippen LogP contribution in [0.25, 0.3) is 0 Å². The quantitative estimate of drug-likeness (QED) is 0.508. The summed E-state index contributed by atoms with van der Waals surface area (Å²) in [7, 11) is 0. The molecule has 0 N–H and O–H groups in total. The van der Waals surface area contributed by atoms with Crippen LogP contribution < -0.4 is 0 Å². The van der Waals surface area contributed by atoms with E-state index in [1.165, 1.54) is 12.8 Å². The molecule has 0 radical (unpaired) electrons. The highest BCUT2D eigenvalue weighted by Crippen LogP contribution is 2.11. The average molecular weight is 206 g/mol. The lowest BCUT2D eigenvalue weighted by Crippen LogP contribution is -2.35. The third kappa shape index (κ3) is 1.80. The van der Waals surface area contributed by atoms with Crippen molar-refractivity contribution in [3.8, 4) is 0 Å². The van der Waals surface area contributed by atoms with Gasteiger partial charge in [0.25, 0.3) is 0 Å². The van der Waals surface area contributed by atoms with Crippen LogP contribution in [0.15, 0.2) is 0 Å². The van der Waals surface area contributed by atoms with Crippen molar-refractivity contribution in [3.05, 3.63) is 0 Å². The van der Waals surface area contributed by atoms with Gasteiger partial charge in [-0.05, 0) is 25.9 Å². The number of carbonyl (C=O) groups is 1. The zero-order valence-electron chi connectivity index (χ0n) is 5.92. The van der Waals surface area contributed by atoms with Crippen LogP contribution in [0.2, 0.25) is 0 Å². The summed E-state index contributed by atoms with van der Waals surface area (Å²) in [6.45, 7) is 2.18. The second-order valence-corrected chi connectivity index (χ2v) is 3.25. The van der Waals surface area contributed by atoms with Gasteiger partial charge in [-0.2, -0.15) is 0 Å². The molecule has 1 aliphatic rings. The van der Waals surface area contributed by atoms with E-state index in [1.54, 1.807) is 0 Å². The van der Waals surface area contributed by atoms with Gasteiger partial charge in [-0.15, -0.1) is 0 Å². The Kier molecular flexibility index (Phi) is 3.35. The number of hydrogen-bond donors (Lipinski definition) is 0. The Balaban J connectivity index is 2.36. The molecule has 10 heavy (non-hydrogen) atoms. The number of likely N-dealkylation sites (tertiary alicyclic amines) is 1. The molecule has 1 unspecified atom stereocenters. The number of nitrogens with zero attached hydrogens (tertiary/aromatic N) is 1. The highest BCUT2D eigenvalue weighted by molar-refractivity contribution is 9.09. The lowest BCUT2D eigenvalue weighted by molar-refractivity contribution is -0.111. The predicted octanol–water partition coefficient (Wildman–Crippen LogP) is 1.04. The van der Waals surface area contributed by atoms with Gasteiger partial charge in [-0.1, -0.05) is 15.9 Å². The van der Waals surface area contributed by atoms with E-state index in [-0.39, 0.29) is 6.04 Å². The van der Waals surface area contributed by atoms with Gasteiger partial charge < -0.3 is 4.79 Å². The van der Waals surface area contributed by atoms with Gasteiger partial charge in [0, 0.05) is 5.33 Å². The van der Waals surface area contributed by atoms with Gasteiger partial charge in [-0.3, -0.25) is 4.90 Å². The molecule has 58 valence electrons. The first-order valence-corrected chi connectivity index (χ1v) is 4.76. The Morgan fingerprint density at radius 2 is 2.10 bits per heavy atom. The Labute approximate surface area is 69.7 Å². The molecular weight excluding hydrogens is 194 g/mol. The Morgan fingerprint density at radius 3 is 2.50 bits per heavy atom. The van der Waals surface area contributed by atoms with Crippen LogP contribution in [0.1, 0.15) is 12.8 Å². The van der Waals surface area contributed by atoms with E-state index in [0.717, 1.165) is 24.7 Å². The SMILES string of the molecule is O=CC(CBr)N1CCCC1. The van der Waals surface area contributed by atoms with Crippen molar-refractivity contribution in [1.82, 2.24) is 4.90 Å². The zero-order chi connectivity index (χ0) is 7.40. The molecule has 0 saturated carbocycles. The summed E-state index contributed by atoms with van der Waals surface area (Å²) in [5, 5.41) is 0.774. The van der Waals surface area contributed by atoms with E-state index in [2.05, 4.69) is 20.8 Å². The van der Waals surface area contributed by atoms with Gasteiger partial charge in [0.2, 0.25) is 0 Å². The van der Waals surface area contributed by atoms with E-state index < -0.39 is 0 Å². The molecule has 1 heterocycles. The molecule has 1 atom stereocenters. The maximum absolute atomic E-state index is 10.5. The van der Waals surface area contributed by atoms with Crippen molar-refractivity contribution in [2.24, 2.45) is 0 Å². The van der Waals surface area contributed by atoms with E-state index >= 15 is 0 Å². The fourth-order valence-corrected chi connectivity index (χ4v) is 1.86. The smallest absolute Gasteiger partial charge is 0.137 e. The second kappa shape index (κ2) is 4.09. The molecule has 0 aromatic carbocycles. The highest BCUT2D eigenvalue weighted by Gasteiger charge is 2.19. The summed E-state index contributed by atoms with van der Waals surface area (Å²) in [6.07, 6.45) is 3.52. The molecular formula is C7H12BrNO. The maximum atomic E-state index is 10.5. The van der Waals surface area contributed by atoms with Crippen molar-refractivity contribution in [2.45, 2.75) is 18.9 Å². The fourth-order valence-electron chi connectivity index (χ4n) is 1.29. The normalized spacial score (nSPS) is 22.9. The Hall–Kier alpha value is 0.110. The molecule has 1 fully saturated rings. The molecule has 0 amide bonds. The molecule has 0 spiro atoms. The van der Waals surface area contributed by atoms with Crippen molar-refractivity contribution in [3.63, 3.8) is 0 Å². The van der Waals surface area contributed by atoms with E-state index in [9.17, 15) is 4.79 Å². The van der Waals surface area contributed by atoms with Crippen LogP contribution in [-0.4, -0.2) is 35.6 Å². The van der Waals surface area contributed by atoms with Gasteiger partial charge in [0.05, 0.1) is 6.04 Å². The number of alkyl halides is 1. The molecule has 0 bridgehead atoms. The van der Waals surface area contributed by atoms with Crippen LogP contribution in [-0.2, 0) is 4.79 Å². The number of carbonyl (C=O) groups excluding carboxylic acids is 1. The van der Waals surface area contributed by atoms with Crippen LogP contribution in [0.5, 0.6) is 0 Å². The fraction of sp³-hybridized carbons (Fsp3) is 0.857. The van der Waals surface area contributed by atoms with Crippen molar-refractivity contribution >= 4 is 22.2 Å². The number of aldehydes is 1. The van der Waals surface area contributed by atoms with E-state index in [0.29, 0.717) is 0 Å². The van der Waals surface area contributed by atoms with E-state index in [4.69, 9.17) is 0 Å². The number of hydrogen-bond acceptors (Lipinski definition) is 2. The second-order valence-electron chi connectivity index (χ2n) is 2.60. The lowest BCUT2D eigenvalue weighted by Gasteiger charge is -2.19. The summed E-state index contributed by atoms with van der Waals surface area (Å²) in [6, 6.07) is 0.113. The summed E-state index contributed by atoms with van der Waals surface area (Å²) in [5.74, 6) is 0. The minimum Gasteiger partial charge on any atom is -0.302 e. The molecule has 1 aliphatic heterocycles. The molecule has 0 aliphatic carbocycles. The maximum Gasteiger partial charge on any atom is 0.137 e. The Morgan fingerprint density at radius 1 is 1.50 bits per heavy atom. The number of halogens is 1. The van der Waals surface area contributed by atoms with Crippen LogP contribution >= 0.6 is 15.9 Å². The third-order valence-corrected chi connectivity index (χ3v) is 2.59. The largest absolute Gasteiger partial charge is 0.302 e. The molecule has 0 aromatic heterocycles. The van der Waals surface area contributed by atoms with Crippen molar-refractivity contribution in [2.75, 3.05) is 18.4 Å². The van der Waals surface area contributed by atoms with Crippen LogP contribution in [0.4, 0.5) is 0 Å². The minimum atomic E-state index is 0.113. The predicted molar refractivity (Wildman–Crippen MR) is 44.5 cm³/mol.